The minimum atomic E-state index is -2.89. The third-order valence-corrected chi connectivity index (χ3v) is 5.42. The van der Waals surface area contributed by atoms with Crippen LogP contribution in [0.4, 0.5) is 0 Å². The topological polar surface area (TPSA) is 66.4 Å². The number of aliphatic hydroxyl groups excluding tert-OH is 1. The van der Waals surface area contributed by atoms with Gasteiger partial charge in [0.25, 0.3) is 0 Å². The van der Waals surface area contributed by atoms with Gasteiger partial charge in [-0.2, -0.15) is 0 Å². The van der Waals surface area contributed by atoms with Crippen LogP contribution < -0.4 is 5.32 Å². The number of hydrogen-bond acceptors (Lipinski definition) is 4. The molecule has 1 unspecified atom stereocenters. The molecule has 2 atom stereocenters. The molecule has 16 heavy (non-hydrogen) atoms. The molecule has 0 aromatic carbocycles. The molecule has 4 nitrogen and oxygen atoms in total. The zero-order chi connectivity index (χ0) is 12.0. The Morgan fingerprint density at radius 2 is 2.12 bits per heavy atom. The lowest BCUT2D eigenvalue weighted by atomic mass is 10.1. The average Bonchev–Trinajstić information content (AvgIpc) is 2.51. The van der Waals surface area contributed by atoms with E-state index in [1.54, 1.807) is 0 Å². The average molecular weight is 249 g/mol. The van der Waals surface area contributed by atoms with Gasteiger partial charge in [0.15, 0.2) is 9.84 Å². The van der Waals surface area contributed by atoms with Gasteiger partial charge < -0.3 is 10.4 Å². The van der Waals surface area contributed by atoms with E-state index >= 15 is 0 Å². The second-order valence-corrected chi connectivity index (χ2v) is 6.88. The Labute approximate surface area is 98.4 Å². The Hall–Kier alpha value is -0.130. The van der Waals surface area contributed by atoms with E-state index < -0.39 is 9.84 Å². The van der Waals surface area contributed by atoms with Crippen molar-refractivity contribution in [1.29, 1.82) is 0 Å². The van der Waals surface area contributed by atoms with Crippen molar-refractivity contribution in [2.75, 3.05) is 18.9 Å². The highest BCUT2D eigenvalue weighted by Gasteiger charge is 2.37. The summed E-state index contributed by atoms with van der Waals surface area (Å²) in [5.74, 6) is 0.288. The van der Waals surface area contributed by atoms with E-state index in [9.17, 15) is 8.42 Å². The molecule has 1 aliphatic rings. The fourth-order valence-corrected chi connectivity index (χ4v) is 4.36. The predicted octanol–water partition coefficient (Wildman–Crippen LogP) is 0.704. The summed E-state index contributed by atoms with van der Waals surface area (Å²) < 4.78 is 23.7. The molecule has 1 aliphatic heterocycles. The first kappa shape index (κ1) is 13.9. The van der Waals surface area contributed by atoms with E-state index in [2.05, 4.69) is 12.2 Å². The van der Waals surface area contributed by atoms with Crippen LogP contribution in [0.3, 0.4) is 0 Å². The largest absolute Gasteiger partial charge is 0.396 e. The van der Waals surface area contributed by atoms with Crippen LogP contribution in [0.5, 0.6) is 0 Å². The second kappa shape index (κ2) is 6.57. The van der Waals surface area contributed by atoms with Crippen molar-refractivity contribution in [2.45, 2.75) is 50.3 Å². The number of nitrogens with one attached hydrogen (secondary N) is 1. The number of hydrogen-bond donors (Lipinski definition) is 2. The van der Waals surface area contributed by atoms with E-state index in [1.807, 2.05) is 0 Å². The van der Waals surface area contributed by atoms with Crippen molar-refractivity contribution < 1.29 is 13.5 Å². The first-order valence-electron chi connectivity index (χ1n) is 6.16. The normalized spacial score (nSPS) is 28.4. The van der Waals surface area contributed by atoms with Gasteiger partial charge in [-0.1, -0.05) is 6.92 Å². The summed E-state index contributed by atoms with van der Waals surface area (Å²) in [6.07, 6.45) is 3.99. The maximum Gasteiger partial charge on any atom is 0.154 e. The number of aliphatic hydroxyl groups is 1. The molecule has 0 aliphatic carbocycles. The quantitative estimate of drug-likeness (QED) is 0.652. The summed E-state index contributed by atoms with van der Waals surface area (Å²) in [6.45, 7) is 3.13. The van der Waals surface area contributed by atoms with Crippen LogP contribution in [0.1, 0.15) is 39.0 Å². The molecular formula is C11H23NO3S. The van der Waals surface area contributed by atoms with Gasteiger partial charge >= 0.3 is 0 Å². The third kappa shape index (κ3) is 4.03. The van der Waals surface area contributed by atoms with E-state index in [0.717, 1.165) is 25.8 Å². The van der Waals surface area contributed by atoms with Crippen molar-refractivity contribution in [2.24, 2.45) is 0 Å². The minimum Gasteiger partial charge on any atom is -0.396 e. The fraction of sp³-hybridized carbons (Fsp3) is 1.00. The standard InChI is InChI=1S/C11H23NO3S/c1-2-6-12-10-8-11(5-3-4-7-13)16(14,15)9-10/h10-13H,2-9H2,1H3/t10?,11-/m1/s1. The van der Waals surface area contributed by atoms with E-state index in [4.69, 9.17) is 5.11 Å². The number of sulfone groups is 1. The summed E-state index contributed by atoms with van der Waals surface area (Å²) in [4.78, 5) is 0. The second-order valence-electron chi connectivity index (χ2n) is 4.56. The van der Waals surface area contributed by atoms with Gasteiger partial charge in [-0.15, -0.1) is 0 Å². The third-order valence-electron chi connectivity index (χ3n) is 3.11. The van der Waals surface area contributed by atoms with Gasteiger partial charge in [0.05, 0.1) is 11.0 Å². The minimum absolute atomic E-state index is 0.143. The predicted molar refractivity (Wildman–Crippen MR) is 65.2 cm³/mol. The maximum absolute atomic E-state index is 11.8. The molecule has 1 rings (SSSR count). The molecule has 0 aromatic rings. The molecule has 0 saturated carbocycles. The number of unbranched alkanes of at least 4 members (excludes halogenated alkanes) is 1. The Balaban J connectivity index is 2.40. The molecule has 96 valence electrons. The Bertz CT molecular complexity index is 290. The highest BCUT2D eigenvalue weighted by Crippen LogP contribution is 2.25. The Morgan fingerprint density at radius 1 is 1.38 bits per heavy atom. The Kier molecular flexibility index (Phi) is 5.72. The highest BCUT2D eigenvalue weighted by molar-refractivity contribution is 7.92. The van der Waals surface area contributed by atoms with Gasteiger partial charge in [0, 0.05) is 12.6 Å². The van der Waals surface area contributed by atoms with Crippen molar-refractivity contribution in [3.8, 4) is 0 Å². The van der Waals surface area contributed by atoms with Gasteiger partial charge in [0.1, 0.15) is 0 Å². The molecule has 1 fully saturated rings. The monoisotopic (exact) mass is 249 g/mol. The molecule has 0 aromatic heterocycles. The van der Waals surface area contributed by atoms with Crippen molar-refractivity contribution >= 4 is 9.84 Å². The van der Waals surface area contributed by atoms with Crippen LogP contribution in [0.15, 0.2) is 0 Å². The van der Waals surface area contributed by atoms with Gasteiger partial charge in [0.2, 0.25) is 0 Å². The maximum atomic E-state index is 11.8. The lowest BCUT2D eigenvalue weighted by molar-refractivity contribution is 0.282. The first-order valence-corrected chi connectivity index (χ1v) is 7.87. The first-order chi connectivity index (χ1) is 7.60. The zero-order valence-corrected chi connectivity index (χ0v) is 10.8. The van der Waals surface area contributed by atoms with Crippen LogP contribution in [-0.4, -0.2) is 43.7 Å². The lowest BCUT2D eigenvalue weighted by Gasteiger charge is -2.10. The van der Waals surface area contributed by atoms with Crippen LogP contribution in [0, 0.1) is 0 Å². The summed E-state index contributed by atoms with van der Waals surface area (Å²) in [5, 5.41) is 11.8. The zero-order valence-electron chi connectivity index (χ0n) is 9.98. The highest BCUT2D eigenvalue weighted by atomic mass is 32.2. The number of rotatable bonds is 7. The van der Waals surface area contributed by atoms with Gasteiger partial charge in [-0.25, -0.2) is 8.42 Å². The smallest absolute Gasteiger partial charge is 0.154 e. The lowest BCUT2D eigenvalue weighted by Crippen LogP contribution is -2.30. The molecule has 2 N–H and O–H groups in total. The van der Waals surface area contributed by atoms with Crippen LogP contribution in [0.25, 0.3) is 0 Å². The van der Waals surface area contributed by atoms with Crippen LogP contribution in [-0.2, 0) is 9.84 Å². The van der Waals surface area contributed by atoms with Gasteiger partial charge in [-0.05, 0) is 38.6 Å². The summed E-state index contributed by atoms with van der Waals surface area (Å²) in [5.41, 5.74) is 0. The molecule has 1 heterocycles. The molecule has 0 amide bonds. The van der Waals surface area contributed by atoms with Crippen LogP contribution in [0.2, 0.25) is 0 Å². The van der Waals surface area contributed by atoms with Gasteiger partial charge in [-0.3, -0.25) is 0 Å². The van der Waals surface area contributed by atoms with Crippen molar-refractivity contribution in [1.82, 2.24) is 5.32 Å². The molecule has 0 bridgehead atoms. The molecule has 0 radical (unpaired) electrons. The Morgan fingerprint density at radius 3 is 2.75 bits per heavy atom. The molecule has 0 spiro atoms. The molecule has 1 saturated heterocycles. The van der Waals surface area contributed by atoms with Crippen LogP contribution >= 0.6 is 0 Å². The van der Waals surface area contributed by atoms with E-state index in [0.29, 0.717) is 12.8 Å². The fourth-order valence-electron chi connectivity index (χ4n) is 2.22. The summed E-state index contributed by atoms with van der Waals surface area (Å²) >= 11 is 0. The molecular weight excluding hydrogens is 226 g/mol. The SMILES string of the molecule is CCCNC1C[C@@H](CCCCO)S(=O)(=O)C1. The summed E-state index contributed by atoms with van der Waals surface area (Å²) in [6, 6.07) is 0.143. The van der Waals surface area contributed by atoms with E-state index in [1.165, 1.54) is 0 Å². The van der Waals surface area contributed by atoms with E-state index in [-0.39, 0.29) is 23.7 Å². The summed E-state index contributed by atoms with van der Waals surface area (Å²) in [7, 11) is -2.89. The molecule has 5 heteroatoms. The van der Waals surface area contributed by atoms with Crippen molar-refractivity contribution in [3.63, 3.8) is 0 Å². The van der Waals surface area contributed by atoms with Crippen molar-refractivity contribution in [3.05, 3.63) is 0 Å².